The van der Waals surface area contributed by atoms with E-state index in [2.05, 4.69) is 4.90 Å². The summed E-state index contributed by atoms with van der Waals surface area (Å²) in [5, 5.41) is 9.86. The van der Waals surface area contributed by atoms with Gasteiger partial charge in [-0.15, -0.1) is 0 Å². The topological polar surface area (TPSA) is 76.6 Å². The van der Waals surface area contributed by atoms with E-state index in [0.29, 0.717) is 30.2 Å². The van der Waals surface area contributed by atoms with E-state index in [1.54, 1.807) is 18.2 Å². The third-order valence-electron chi connectivity index (χ3n) is 8.63. The molecule has 2 unspecified atom stereocenters. The first-order chi connectivity index (χ1) is 20.3. The van der Waals surface area contributed by atoms with Crippen molar-refractivity contribution in [3.8, 4) is 0 Å². The van der Waals surface area contributed by atoms with Gasteiger partial charge in [0, 0.05) is 62.6 Å². The molecule has 44 heavy (non-hydrogen) atoms. The highest BCUT2D eigenvalue weighted by Gasteiger charge is 2.62. The predicted molar refractivity (Wildman–Crippen MR) is 152 cm³/mol. The number of piperidine rings is 1. The number of hydrogen-bond acceptors (Lipinski definition) is 5. The minimum Gasteiger partial charge on any atom is -0.465 e. The third-order valence-corrected chi connectivity index (χ3v) is 8.87. The van der Waals surface area contributed by atoms with Crippen molar-refractivity contribution >= 4 is 29.5 Å². The Labute approximate surface area is 257 Å². The molecule has 15 heteroatoms. The van der Waals surface area contributed by atoms with Gasteiger partial charge in [0.15, 0.2) is 5.92 Å². The average Bonchev–Trinajstić information content (AvgIpc) is 3.38. The molecule has 1 aromatic rings. The fraction of sp³-hybridized carbons (Fsp3) is 0.724. The number of amides is 2. The SMILES string of the molecule is CC(C)(C)OC(=O)N1CCCC1C1CCN(c2cc(Cl)ccc2CN2CCN(C(=O)O)C(C(C(F)(F)F)C(F)(F)F)C2)CC1. The van der Waals surface area contributed by atoms with Crippen LogP contribution < -0.4 is 4.90 Å². The van der Waals surface area contributed by atoms with E-state index in [1.165, 1.54) is 4.90 Å². The molecule has 1 N–H and O–H groups in total. The fourth-order valence-corrected chi connectivity index (χ4v) is 6.89. The van der Waals surface area contributed by atoms with Crippen molar-refractivity contribution in [2.24, 2.45) is 11.8 Å². The molecule has 2 atom stereocenters. The summed E-state index contributed by atoms with van der Waals surface area (Å²) in [7, 11) is 0. The molecule has 8 nitrogen and oxygen atoms in total. The lowest BCUT2D eigenvalue weighted by atomic mass is 9.87. The number of piperazine rings is 1. The predicted octanol–water partition coefficient (Wildman–Crippen LogP) is 6.86. The summed E-state index contributed by atoms with van der Waals surface area (Å²) in [6.45, 7) is 6.13. The molecule has 3 fully saturated rings. The highest BCUT2D eigenvalue weighted by Crippen LogP contribution is 2.44. The molecule has 3 heterocycles. The van der Waals surface area contributed by atoms with Crippen LogP contribution in [0.5, 0.6) is 0 Å². The minimum atomic E-state index is -5.67. The van der Waals surface area contributed by atoms with Crippen molar-refractivity contribution in [2.45, 2.75) is 83.0 Å². The normalized spacial score (nSPS) is 23.0. The molecule has 0 spiro atoms. The maximum atomic E-state index is 13.6. The maximum Gasteiger partial charge on any atom is 0.410 e. The average molecular weight is 657 g/mol. The number of anilines is 1. The number of benzene rings is 1. The second kappa shape index (κ2) is 13.0. The van der Waals surface area contributed by atoms with Crippen LogP contribution in [0.1, 0.15) is 52.0 Å². The smallest absolute Gasteiger partial charge is 0.410 e. The molecule has 3 saturated heterocycles. The van der Waals surface area contributed by atoms with Gasteiger partial charge in [-0.25, -0.2) is 9.59 Å². The van der Waals surface area contributed by atoms with Crippen LogP contribution in [0.15, 0.2) is 18.2 Å². The second-order valence-corrected chi connectivity index (χ2v) is 13.3. The molecule has 1 aromatic carbocycles. The standard InChI is InChI=1S/C29H39ClF6N4O4/c1-27(2,3)44-26(43)40-10-4-5-21(40)18-8-11-38(12-9-18)22-15-20(30)7-6-19(22)16-37-13-14-39(25(41)42)23(17-37)24(28(31,32)33)29(34,35)36/h6-7,15,18,21,23-24H,4-5,8-14,16-17H2,1-3H3,(H,41,42). The molecule has 248 valence electrons. The van der Waals surface area contributed by atoms with Gasteiger partial charge in [0.2, 0.25) is 0 Å². The second-order valence-electron chi connectivity index (χ2n) is 12.8. The number of carboxylic acid groups (broad SMARTS) is 1. The van der Waals surface area contributed by atoms with E-state index < -0.39 is 49.1 Å². The van der Waals surface area contributed by atoms with Gasteiger partial charge in [-0.05, 0) is 70.1 Å². The Morgan fingerprint density at radius 3 is 2.16 bits per heavy atom. The summed E-state index contributed by atoms with van der Waals surface area (Å²) in [5.74, 6) is -3.57. The molecule has 0 aliphatic carbocycles. The minimum absolute atomic E-state index is 0.0217. The van der Waals surface area contributed by atoms with E-state index in [-0.39, 0.29) is 36.0 Å². The van der Waals surface area contributed by atoms with Crippen LogP contribution in [0, 0.1) is 11.8 Å². The van der Waals surface area contributed by atoms with Gasteiger partial charge < -0.3 is 24.5 Å². The van der Waals surface area contributed by atoms with Crippen LogP contribution in [0.4, 0.5) is 41.6 Å². The zero-order chi connectivity index (χ0) is 32.6. The van der Waals surface area contributed by atoms with E-state index in [1.807, 2.05) is 25.7 Å². The van der Waals surface area contributed by atoms with Crippen LogP contribution in [-0.4, -0.2) is 101 Å². The van der Waals surface area contributed by atoms with Gasteiger partial charge in [-0.1, -0.05) is 17.7 Å². The van der Waals surface area contributed by atoms with Crippen molar-refractivity contribution in [1.82, 2.24) is 14.7 Å². The van der Waals surface area contributed by atoms with Gasteiger partial charge in [0.25, 0.3) is 0 Å². The van der Waals surface area contributed by atoms with Crippen molar-refractivity contribution in [3.05, 3.63) is 28.8 Å². The Balaban J connectivity index is 1.47. The molecular weight excluding hydrogens is 618 g/mol. The van der Waals surface area contributed by atoms with Gasteiger partial charge in [0.1, 0.15) is 5.60 Å². The van der Waals surface area contributed by atoms with E-state index in [0.717, 1.165) is 31.4 Å². The summed E-state index contributed by atoms with van der Waals surface area (Å²) >= 11 is 6.32. The van der Waals surface area contributed by atoms with Crippen molar-refractivity contribution < 1.29 is 45.8 Å². The molecule has 0 saturated carbocycles. The molecule has 0 radical (unpaired) electrons. The molecule has 3 aliphatic rings. The van der Waals surface area contributed by atoms with Crippen LogP contribution in [-0.2, 0) is 11.3 Å². The number of carbonyl (C=O) groups is 2. The lowest BCUT2D eigenvalue weighted by Gasteiger charge is -2.44. The Hall–Kier alpha value is -2.61. The number of nitrogens with zero attached hydrogens (tertiary/aromatic N) is 4. The zero-order valence-corrected chi connectivity index (χ0v) is 25.7. The molecular formula is C29H39ClF6N4O4. The third kappa shape index (κ3) is 8.15. The van der Waals surface area contributed by atoms with Crippen LogP contribution in [0.3, 0.4) is 0 Å². The zero-order valence-electron chi connectivity index (χ0n) is 24.9. The van der Waals surface area contributed by atoms with E-state index >= 15 is 0 Å². The van der Waals surface area contributed by atoms with Gasteiger partial charge in [-0.3, -0.25) is 4.90 Å². The number of ether oxygens (including phenoxy) is 1. The fourth-order valence-electron chi connectivity index (χ4n) is 6.72. The summed E-state index contributed by atoms with van der Waals surface area (Å²) in [6.07, 6.45) is -10.2. The van der Waals surface area contributed by atoms with Gasteiger partial charge in [-0.2, -0.15) is 26.3 Å². The number of carbonyl (C=O) groups excluding carboxylic acids is 1. The lowest BCUT2D eigenvalue weighted by molar-refractivity contribution is -0.300. The summed E-state index contributed by atoms with van der Waals surface area (Å²) < 4.78 is 87.3. The van der Waals surface area contributed by atoms with Gasteiger partial charge in [0.05, 0.1) is 6.04 Å². The Morgan fingerprint density at radius 2 is 1.59 bits per heavy atom. The van der Waals surface area contributed by atoms with E-state index in [9.17, 15) is 41.0 Å². The van der Waals surface area contributed by atoms with Crippen molar-refractivity contribution in [2.75, 3.05) is 44.2 Å². The van der Waals surface area contributed by atoms with Crippen LogP contribution >= 0.6 is 11.6 Å². The van der Waals surface area contributed by atoms with Crippen molar-refractivity contribution in [3.63, 3.8) is 0 Å². The van der Waals surface area contributed by atoms with Crippen molar-refractivity contribution in [1.29, 1.82) is 0 Å². The number of likely N-dealkylation sites (tertiary alicyclic amines) is 1. The van der Waals surface area contributed by atoms with E-state index in [4.69, 9.17) is 16.3 Å². The quantitative estimate of drug-likeness (QED) is 0.349. The molecule has 2 amide bonds. The summed E-state index contributed by atoms with van der Waals surface area (Å²) in [4.78, 5) is 30.1. The molecule has 0 bridgehead atoms. The first kappa shape index (κ1) is 34.3. The van der Waals surface area contributed by atoms with Crippen LogP contribution in [0.2, 0.25) is 5.02 Å². The number of alkyl halides is 6. The summed E-state index contributed by atoms with van der Waals surface area (Å²) in [5.41, 5.74) is 0.797. The highest BCUT2D eigenvalue weighted by molar-refractivity contribution is 6.30. The van der Waals surface area contributed by atoms with Crippen LogP contribution in [0.25, 0.3) is 0 Å². The maximum absolute atomic E-state index is 13.6. The first-order valence-electron chi connectivity index (χ1n) is 14.7. The largest absolute Gasteiger partial charge is 0.465 e. The number of hydrogen-bond donors (Lipinski definition) is 1. The monoisotopic (exact) mass is 656 g/mol. The Kier molecular flexibility index (Phi) is 10.1. The number of rotatable bonds is 5. The van der Waals surface area contributed by atoms with Gasteiger partial charge >= 0.3 is 24.5 Å². The molecule has 0 aromatic heterocycles. The Bertz CT molecular complexity index is 1170. The highest BCUT2D eigenvalue weighted by atomic mass is 35.5. The number of halogens is 7. The lowest BCUT2D eigenvalue weighted by Crippen LogP contribution is -2.62. The molecule has 3 aliphatic heterocycles. The first-order valence-corrected chi connectivity index (χ1v) is 15.1. The molecule has 4 rings (SSSR count). The summed E-state index contributed by atoms with van der Waals surface area (Å²) in [6, 6.07) is 2.77. The Morgan fingerprint density at radius 1 is 0.955 bits per heavy atom.